The van der Waals surface area contributed by atoms with Gasteiger partial charge in [-0.3, -0.25) is 0 Å². The lowest BCUT2D eigenvalue weighted by molar-refractivity contribution is 0.0447. The summed E-state index contributed by atoms with van der Waals surface area (Å²) in [5.74, 6) is 0.990. The van der Waals surface area contributed by atoms with E-state index >= 15 is 0 Å². The number of ether oxygens (including phenoxy) is 2. The van der Waals surface area contributed by atoms with Gasteiger partial charge in [-0.25, -0.2) is 4.39 Å². The quantitative estimate of drug-likeness (QED) is 0.915. The number of halogens is 1. The zero-order valence-corrected chi connectivity index (χ0v) is 13.4. The van der Waals surface area contributed by atoms with Crippen molar-refractivity contribution in [1.29, 1.82) is 0 Å². The molecule has 4 heteroatoms. The molecule has 23 heavy (non-hydrogen) atoms. The minimum absolute atomic E-state index is 0.337. The van der Waals surface area contributed by atoms with Crippen LogP contribution in [-0.4, -0.2) is 19.3 Å². The van der Waals surface area contributed by atoms with E-state index in [1.54, 1.807) is 26.4 Å². The summed E-state index contributed by atoms with van der Waals surface area (Å²) in [6.45, 7) is 0. The zero-order valence-electron chi connectivity index (χ0n) is 13.4. The Balaban J connectivity index is 2.17. The molecule has 1 aliphatic carbocycles. The van der Waals surface area contributed by atoms with E-state index in [9.17, 15) is 9.50 Å². The number of benzene rings is 2. The fourth-order valence-corrected chi connectivity index (χ4v) is 3.39. The normalized spacial score (nSPS) is 16.3. The number of aliphatic hydroxyl groups is 1. The predicted molar refractivity (Wildman–Crippen MR) is 87.3 cm³/mol. The molecule has 0 spiro atoms. The van der Waals surface area contributed by atoms with Crippen molar-refractivity contribution in [2.75, 3.05) is 14.2 Å². The van der Waals surface area contributed by atoms with E-state index in [0.717, 1.165) is 24.0 Å². The van der Waals surface area contributed by atoms with E-state index in [2.05, 4.69) is 0 Å². The maximum atomic E-state index is 13.8. The molecule has 122 valence electrons. The van der Waals surface area contributed by atoms with Crippen LogP contribution in [0.5, 0.6) is 11.5 Å². The van der Waals surface area contributed by atoms with Crippen LogP contribution in [0.3, 0.4) is 0 Å². The summed E-state index contributed by atoms with van der Waals surface area (Å²) >= 11 is 0. The van der Waals surface area contributed by atoms with Crippen LogP contribution in [0.4, 0.5) is 4.39 Å². The van der Waals surface area contributed by atoms with E-state index in [0.29, 0.717) is 29.9 Å². The summed E-state index contributed by atoms with van der Waals surface area (Å²) in [5.41, 5.74) is 1.29. The molecule has 0 aromatic heterocycles. The first-order valence-corrected chi connectivity index (χ1v) is 7.82. The molecular formula is C19H21FO3. The van der Waals surface area contributed by atoms with E-state index in [4.69, 9.17) is 9.47 Å². The second-order valence-corrected chi connectivity index (χ2v) is 5.99. The molecule has 0 saturated heterocycles. The van der Waals surface area contributed by atoms with Crippen LogP contribution in [0, 0.1) is 5.82 Å². The van der Waals surface area contributed by atoms with Crippen molar-refractivity contribution < 1.29 is 19.0 Å². The van der Waals surface area contributed by atoms with Crippen LogP contribution >= 0.6 is 0 Å². The molecule has 1 saturated carbocycles. The highest BCUT2D eigenvalue weighted by atomic mass is 19.1. The molecule has 0 radical (unpaired) electrons. The Morgan fingerprint density at radius 1 is 0.957 bits per heavy atom. The molecule has 3 nitrogen and oxygen atoms in total. The van der Waals surface area contributed by atoms with Crippen LogP contribution in [0.1, 0.15) is 31.2 Å². The molecule has 0 atom stereocenters. The molecular weight excluding hydrogens is 295 g/mol. The highest BCUT2D eigenvalue weighted by Crippen LogP contribution is 2.45. The van der Waals surface area contributed by atoms with Gasteiger partial charge in [0.25, 0.3) is 0 Å². The summed E-state index contributed by atoms with van der Waals surface area (Å²) in [4.78, 5) is 0. The fraction of sp³-hybridized carbons (Fsp3) is 0.368. The number of hydrogen-bond donors (Lipinski definition) is 1. The Morgan fingerprint density at radius 2 is 1.65 bits per heavy atom. The number of rotatable bonds is 4. The van der Waals surface area contributed by atoms with Gasteiger partial charge in [-0.1, -0.05) is 18.9 Å². The summed E-state index contributed by atoms with van der Waals surface area (Å²) in [6.07, 6.45) is 3.21. The molecule has 1 fully saturated rings. The van der Waals surface area contributed by atoms with Crippen molar-refractivity contribution in [2.24, 2.45) is 0 Å². The van der Waals surface area contributed by atoms with Crippen molar-refractivity contribution in [3.05, 3.63) is 47.8 Å². The molecule has 0 bridgehead atoms. The lowest BCUT2D eigenvalue weighted by Gasteiger charge is -2.26. The lowest BCUT2D eigenvalue weighted by Crippen LogP contribution is -2.22. The topological polar surface area (TPSA) is 38.7 Å². The maximum Gasteiger partial charge on any atom is 0.130 e. The Morgan fingerprint density at radius 3 is 2.30 bits per heavy atom. The fourth-order valence-electron chi connectivity index (χ4n) is 3.39. The van der Waals surface area contributed by atoms with Crippen molar-refractivity contribution in [3.63, 3.8) is 0 Å². The molecule has 1 N–H and O–H groups in total. The smallest absolute Gasteiger partial charge is 0.130 e. The van der Waals surface area contributed by atoms with Gasteiger partial charge in [-0.2, -0.15) is 0 Å². The summed E-state index contributed by atoms with van der Waals surface area (Å²) in [7, 11) is 3.19. The van der Waals surface area contributed by atoms with Gasteiger partial charge in [-0.15, -0.1) is 0 Å². The molecule has 0 heterocycles. The monoisotopic (exact) mass is 316 g/mol. The van der Waals surface area contributed by atoms with Gasteiger partial charge in [0, 0.05) is 11.6 Å². The van der Waals surface area contributed by atoms with Gasteiger partial charge in [-0.05, 0) is 48.2 Å². The summed E-state index contributed by atoms with van der Waals surface area (Å²) in [5, 5.41) is 11.0. The number of hydrogen-bond acceptors (Lipinski definition) is 3. The Hall–Kier alpha value is -2.07. The number of methoxy groups -OCH3 is 2. The maximum absolute atomic E-state index is 13.8. The third-order valence-electron chi connectivity index (χ3n) is 4.61. The van der Waals surface area contributed by atoms with E-state index < -0.39 is 5.60 Å². The third kappa shape index (κ3) is 2.91. The van der Waals surface area contributed by atoms with Crippen molar-refractivity contribution in [1.82, 2.24) is 0 Å². The average molecular weight is 316 g/mol. The Kier molecular flexibility index (Phi) is 4.26. The molecule has 0 aliphatic heterocycles. The zero-order chi connectivity index (χ0) is 16.4. The SMILES string of the molecule is COc1ccc(-c2ccc(F)cc2C2(O)CCCC2)c(OC)c1. The first-order valence-electron chi connectivity index (χ1n) is 7.82. The minimum Gasteiger partial charge on any atom is -0.497 e. The van der Waals surface area contributed by atoms with Crippen LogP contribution in [0.25, 0.3) is 11.1 Å². The van der Waals surface area contributed by atoms with Crippen molar-refractivity contribution in [2.45, 2.75) is 31.3 Å². The molecule has 2 aromatic carbocycles. The third-order valence-corrected chi connectivity index (χ3v) is 4.61. The van der Waals surface area contributed by atoms with Crippen LogP contribution in [0.2, 0.25) is 0 Å². The van der Waals surface area contributed by atoms with E-state index in [1.165, 1.54) is 12.1 Å². The standard InChI is InChI=1S/C19H21FO3/c1-22-14-6-8-16(18(12-14)23-2)15-7-5-13(20)11-17(15)19(21)9-3-4-10-19/h5-8,11-12,21H,3-4,9-10H2,1-2H3. The van der Waals surface area contributed by atoms with Crippen molar-refractivity contribution >= 4 is 0 Å². The lowest BCUT2D eigenvalue weighted by atomic mass is 9.85. The van der Waals surface area contributed by atoms with Gasteiger partial charge in [0.1, 0.15) is 17.3 Å². The van der Waals surface area contributed by atoms with Gasteiger partial charge >= 0.3 is 0 Å². The minimum atomic E-state index is -0.970. The van der Waals surface area contributed by atoms with Crippen molar-refractivity contribution in [3.8, 4) is 22.6 Å². The van der Waals surface area contributed by atoms with Crippen LogP contribution in [0.15, 0.2) is 36.4 Å². The molecule has 2 aromatic rings. The van der Waals surface area contributed by atoms with Gasteiger partial charge in [0.05, 0.1) is 19.8 Å². The van der Waals surface area contributed by atoms with E-state index in [1.807, 2.05) is 12.1 Å². The van der Waals surface area contributed by atoms with Gasteiger partial charge < -0.3 is 14.6 Å². The Bertz CT molecular complexity index is 706. The van der Waals surface area contributed by atoms with Gasteiger partial charge in [0.15, 0.2) is 0 Å². The molecule has 3 rings (SSSR count). The van der Waals surface area contributed by atoms with Crippen LogP contribution in [-0.2, 0) is 5.60 Å². The van der Waals surface area contributed by atoms with E-state index in [-0.39, 0.29) is 5.82 Å². The highest BCUT2D eigenvalue weighted by Gasteiger charge is 2.35. The first-order chi connectivity index (χ1) is 11.1. The Labute approximate surface area is 135 Å². The summed E-state index contributed by atoms with van der Waals surface area (Å²) in [6, 6.07) is 10.1. The largest absolute Gasteiger partial charge is 0.497 e. The predicted octanol–water partition coefficient (Wildman–Crippen LogP) is 4.27. The summed E-state index contributed by atoms with van der Waals surface area (Å²) < 4.78 is 24.5. The molecule has 0 unspecified atom stereocenters. The van der Waals surface area contributed by atoms with Gasteiger partial charge in [0.2, 0.25) is 0 Å². The molecule has 0 amide bonds. The second kappa shape index (κ2) is 6.20. The van der Waals surface area contributed by atoms with Crippen LogP contribution < -0.4 is 9.47 Å². The molecule has 1 aliphatic rings. The average Bonchev–Trinajstić information content (AvgIpc) is 3.02. The second-order valence-electron chi connectivity index (χ2n) is 5.99. The first kappa shape index (κ1) is 15.8. The highest BCUT2D eigenvalue weighted by molar-refractivity contribution is 5.75.